The molecule has 2 heterocycles. The number of likely N-dealkylation sites (N-methyl/N-ethyl adjacent to an activating group) is 1. The van der Waals surface area contributed by atoms with Crippen molar-refractivity contribution < 1.29 is 24.6 Å². The topological polar surface area (TPSA) is 125 Å². The van der Waals surface area contributed by atoms with Gasteiger partial charge in [0, 0.05) is 25.5 Å². The third kappa shape index (κ3) is 3.23. The van der Waals surface area contributed by atoms with Crippen LogP contribution in [-0.2, 0) is 16.1 Å². The molecule has 3 rings (SSSR count). The van der Waals surface area contributed by atoms with E-state index in [0.29, 0.717) is 19.5 Å². The summed E-state index contributed by atoms with van der Waals surface area (Å²) in [5.74, 6) is -2.51. The number of carboxylic acids is 1. The van der Waals surface area contributed by atoms with Crippen molar-refractivity contribution in [1.29, 1.82) is 0 Å². The molecule has 9 nitrogen and oxygen atoms in total. The van der Waals surface area contributed by atoms with E-state index < -0.39 is 23.5 Å². The molecule has 1 aromatic heterocycles. The zero-order chi connectivity index (χ0) is 18.8. The molecule has 0 aliphatic carbocycles. The first-order valence-electron chi connectivity index (χ1n) is 8.03. The number of aliphatic hydroxyl groups is 1. The van der Waals surface area contributed by atoms with Crippen molar-refractivity contribution in [3.63, 3.8) is 0 Å². The molecule has 0 atom stereocenters. The second kappa shape index (κ2) is 6.87. The van der Waals surface area contributed by atoms with E-state index in [9.17, 15) is 19.5 Å². The molecule has 2 aromatic rings. The largest absolute Gasteiger partial charge is 0.503 e. The van der Waals surface area contributed by atoms with E-state index >= 15 is 0 Å². The van der Waals surface area contributed by atoms with E-state index in [1.54, 1.807) is 23.0 Å². The second-order valence-electron chi connectivity index (χ2n) is 6.04. The summed E-state index contributed by atoms with van der Waals surface area (Å²) in [6, 6.07) is 4.78. The van der Waals surface area contributed by atoms with E-state index in [1.165, 1.54) is 18.0 Å². The fourth-order valence-electron chi connectivity index (χ4n) is 2.81. The first-order valence-corrected chi connectivity index (χ1v) is 8.03. The minimum Gasteiger partial charge on any atom is -0.503 e. The van der Waals surface area contributed by atoms with Gasteiger partial charge < -0.3 is 20.4 Å². The molecule has 1 aliphatic heterocycles. The Bertz CT molecular complexity index is 930. The Hall–Kier alpha value is -3.36. The highest BCUT2D eigenvalue weighted by Gasteiger charge is 2.31. The fourth-order valence-corrected chi connectivity index (χ4v) is 2.81. The fraction of sp³-hybridized carbons (Fsp3) is 0.294. The molecule has 136 valence electrons. The van der Waals surface area contributed by atoms with Gasteiger partial charge in [-0.3, -0.25) is 14.3 Å². The summed E-state index contributed by atoms with van der Waals surface area (Å²) in [6.07, 6.45) is 2.18. The van der Waals surface area contributed by atoms with Crippen molar-refractivity contribution in [3.8, 4) is 0 Å². The number of benzene rings is 1. The number of fused-ring (bicyclic) bond motifs is 1. The van der Waals surface area contributed by atoms with Crippen molar-refractivity contribution in [3.05, 3.63) is 41.3 Å². The van der Waals surface area contributed by atoms with Crippen molar-refractivity contribution in [1.82, 2.24) is 20.0 Å². The van der Waals surface area contributed by atoms with Gasteiger partial charge in [-0.2, -0.15) is 5.10 Å². The van der Waals surface area contributed by atoms with Crippen molar-refractivity contribution in [2.24, 2.45) is 0 Å². The maximum absolute atomic E-state index is 12.0. The number of hydrogen-bond acceptors (Lipinski definition) is 5. The highest BCUT2D eigenvalue weighted by Crippen LogP contribution is 2.17. The molecule has 0 saturated heterocycles. The lowest BCUT2D eigenvalue weighted by Crippen LogP contribution is -2.29. The number of carbonyl (C=O) groups is 3. The van der Waals surface area contributed by atoms with Crippen LogP contribution in [0.15, 0.2) is 35.7 Å². The molecule has 9 heteroatoms. The van der Waals surface area contributed by atoms with Gasteiger partial charge in [0.2, 0.25) is 0 Å². The van der Waals surface area contributed by atoms with E-state index in [2.05, 4.69) is 10.4 Å². The number of aromatic nitrogens is 2. The van der Waals surface area contributed by atoms with Gasteiger partial charge in [-0.25, -0.2) is 4.79 Å². The number of carboxylic acid groups (broad SMARTS) is 1. The average Bonchev–Trinajstić information content (AvgIpc) is 3.14. The molecular weight excluding hydrogens is 340 g/mol. The number of hydrogen-bond donors (Lipinski definition) is 3. The van der Waals surface area contributed by atoms with Crippen LogP contribution in [0.3, 0.4) is 0 Å². The average molecular weight is 358 g/mol. The Morgan fingerprint density at radius 3 is 2.77 bits per heavy atom. The Labute approximate surface area is 148 Å². The number of aliphatic hydroxyl groups excluding tert-OH is 1. The van der Waals surface area contributed by atoms with Crippen LogP contribution in [0.25, 0.3) is 10.9 Å². The molecular formula is C17H18N4O5. The first kappa shape index (κ1) is 17.5. The smallest absolute Gasteiger partial charge is 0.335 e. The summed E-state index contributed by atoms with van der Waals surface area (Å²) in [6.45, 7) is 0.967. The number of amides is 2. The second-order valence-corrected chi connectivity index (χ2v) is 6.04. The lowest BCUT2D eigenvalue weighted by atomic mass is 10.1. The first-order chi connectivity index (χ1) is 12.4. The van der Waals surface area contributed by atoms with Gasteiger partial charge in [-0.05, 0) is 24.6 Å². The number of nitrogens with one attached hydrogen (secondary N) is 1. The van der Waals surface area contributed by atoms with Gasteiger partial charge in [0.25, 0.3) is 11.8 Å². The molecule has 2 amide bonds. The Kier molecular flexibility index (Phi) is 4.61. The molecule has 0 spiro atoms. The molecule has 26 heavy (non-hydrogen) atoms. The van der Waals surface area contributed by atoms with Gasteiger partial charge in [-0.15, -0.1) is 0 Å². The van der Waals surface area contributed by atoms with Crippen LogP contribution in [0.1, 0.15) is 16.8 Å². The monoisotopic (exact) mass is 358 g/mol. The SMILES string of the molecule is CN1CC(C(=O)NCCCn2ncc3cc(C(=O)O)ccc32)=C(O)C1=O. The molecule has 1 aromatic carbocycles. The van der Waals surface area contributed by atoms with E-state index in [1.807, 2.05) is 0 Å². The van der Waals surface area contributed by atoms with Crippen LogP contribution in [0.5, 0.6) is 0 Å². The van der Waals surface area contributed by atoms with Crippen molar-refractivity contribution in [2.75, 3.05) is 20.1 Å². The third-order valence-corrected chi connectivity index (χ3v) is 4.23. The van der Waals surface area contributed by atoms with Crippen molar-refractivity contribution in [2.45, 2.75) is 13.0 Å². The standard InChI is InChI=1S/C17H18N4O5/c1-20-9-12(14(22)16(20)24)15(23)18-5-2-6-21-13-4-3-10(17(25)26)7-11(13)8-19-21/h3-4,7-8,22H,2,5-6,9H2,1H3,(H,18,23)(H,25,26). The van der Waals surface area contributed by atoms with Gasteiger partial charge in [-0.1, -0.05) is 0 Å². The number of carbonyl (C=O) groups excluding carboxylic acids is 2. The van der Waals surface area contributed by atoms with Crippen LogP contribution >= 0.6 is 0 Å². The molecule has 1 aliphatic rings. The lowest BCUT2D eigenvalue weighted by Gasteiger charge is -2.08. The minimum absolute atomic E-state index is 0.0724. The molecule has 0 bridgehead atoms. The van der Waals surface area contributed by atoms with Crippen molar-refractivity contribution >= 4 is 28.7 Å². The minimum atomic E-state index is -0.990. The number of nitrogens with zero attached hydrogens (tertiary/aromatic N) is 3. The van der Waals surface area contributed by atoms with Crippen LogP contribution in [-0.4, -0.2) is 62.8 Å². The van der Waals surface area contributed by atoms with Crippen LogP contribution in [0.4, 0.5) is 0 Å². The Balaban J connectivity index is 1.56. The molecule has 0 radical (unpaired) electrons. The Morgan fingerprint density at radius 2 is 2.12 bits per heavy atom. The summed E-state index contributed by atoms with van der Waals surface area (Å²) < 4.78 is 1.73. The van der Waals surface area contributed by atoms with Gasteiger partial charge in [0.1, 0.15) is 0 Å². The van der Waals surface area contributed by atoms with Gasteiger partial charge in [0.05, 0.1) is 29.4 Å². The Morgan fingerprint density at radius 1 is 1.35 bits per heavy atom. The summed E-state index contributed by atoms with van der Waals surface area (Å²) in [5, 5.41) is 26.3. The maximum Gasteiger partial charge on any atom is 0.335 e. The summed E-state index contributed by atoms with van der Waals surface area (Å²) in [7, 11) is 1.51. The third-order valence-electron chi connectivity index (χ3n) is 4.23. The molecule has 0 saturated carbocycles. The predicted molar refractivity (Wildman–Crippen MR) is 91.6 cm³/mol. The summed E-state index contributed by atoms with van der Waals surface area (Å²) in [4.78, 5) is 35.8. The molecule has 0 fully saturated rings. The van der Waals surface area contributed by atoms with Gasteiger partial charge >= 0.3 is 5.97 Å². The summed E-state index contributed by atoms with van der Waals surface area (Å²) in [5.41, 5.74) is 1.08. The normalized spacial score (nSPS) is 14.3. The number of aromatic carboxylic acids is 1. The highest BCUT2D eigenvalue weighted by atomic mass is 16.4. The zero-order valence-corrected chi connectivity index (χ0v) is 14.1. The lowest BCUT2D eigenvalue weighted by molar-refractivity contribution is -0.126. The van der Waals surface area contributed by atoms with E-state index in [0.717, 1.165) is 10.9 Å². The van der Waals surface area contributed by atoms with Crippen LogP contribution < -0.4 is 5.32 Å². The van der Waals surface area contributed by atoms with Crippen LogP contribution in [0, 0.1) is 0 Å². The summed E-state index contributed by atoms with van der Waals surface area (Å²) >= 11 is 0. The number of rotatable bonds is 6. The van der Waals surface area contributed by atoms with E-state index in [4.69, 9.17) is 5.11 Å². The quantitative estimate of drug-likeness (QED) is 0.647. The highest BCUT2D eigenvalue weighted by molar-refractivity contribution is 6.06. The van der Waals surface area contributed by atoms with E-state index in [-0.39, 0.29) is 17.7 Å². The van der Waals surface area contributed by atoms with Crippen LogP contribution in [0.2, 0.25) is 0 Å². The predicted octanol–water partition coefficient (Wildman–Crippen LogP) is 0.525. The molecule has 0 unspecified atom stereocenters. The van der Waals surface area contributed by atoms with Gasteiger partial charge in [0.15, 0.2) is 5.76 Å². The maximum atomic E-state index is 12.0. The molecule has 3 N–H and O–H groups in total. The zero-order valence-electron chi connectivity index (χ0n) is 14.1. The number of aryl methyl sites for hydroxylation is 1.